The number of nitrogens with zero attached hydrogens (tertiary/aromatic N) is 1. The molecule has 192 valence electrons. The van der Waals surface area contributed by atoms with E-state index in [1.165, 1.54) is 0 Å². The van der Waals surface area contributed by atoms with Crippen molar-refractivity contribution in [2.24, 2.45) is 5.73 Å². The van der Waals surface area contributed by atoms with Crippen LogP contribution >= 0.6 is 0 Å². The van der Waals surface area contributed by atoms with E-state index in [9.17, 15) is 14.7 Å². The molecule has 0 bridgehead atoms. The molecule has 1 amide bonds. The van der Waals surface area contributed by atoms with Crippen LogP contribution in [0.2, 0.25) is 0 Å². The molecule has 6 N–H and O–H groups in total. The van der Waals surface area contributed by atoms with Crippen LogP contribution in [0.4, 0.5) is 5.82 Å². The normalized spacial score (nSPS) is 19.7. The van der Waals surface area contributed by atoms with Gasteiger partial charge < -0.3 is 31.5 Å². The van der Waals surface area contributed by atoms with Gasteiger partial charge in [0.25, 0.3) is 5.91 Å². The van der Waals surface area contributed by atoms with Crippen LogP contribution in [-0.2, 0) is 9.53 Å². The molecule has 9 nitrogen and oxygen atoms in total. The molecule has 2 aromatic rings. The molecule has 4 atom stereocenters. The van der Waals surface area contributed by atoms with Crippen molar-refractivity contribution in [2.75, 3.05) is 18.5 Å². The Morgan fingerprint density at radius 3 is 2.71 bits per heavy atom. The van der Waals surface area contributed by atoms with Gasteiger partial charge in [-0.1, -0.05) is 31.4 Å². The highest BCUT2D eigenvalue weighted by molar-refractivity contribution is 6.03. The fraction of sp³-hybridized carbons (Fsp3) is 0.577. The molecule has 1 saturated carbocycles. The minimum Gasteiger partial charge on any atom is -0.463 e. The molecular weight excluding hydrogens is 446 g/mol. The minimum absolute atomic E-state index is 0.126. The zero-order chi connectivity index (χ0) is 25.4. The second-order valence-electron chi connectivity index (χ2n) is 9.23. The van der Waals surface area contributed by atoms with Crippen molar-refractivity contribution in [1.29, 1.82) is 0 Å². The van der Waals surface area contributed by atoms with E-state index in [0.29, 0.717) is 17.9 Å². The zero-order valence-electron chi connectivity index (χ0n) is 21.0. The molecule has 0 spiro atoms. The summed E-state index contributed by atoms with van der Waals surface area (Å²) in [4.78, 5) is 29.6. The maximum absolute atomic E-state index is 13.0. The standard InChI is InChI=1S/C26H39N5O4/c1-4-18(29-21-8-6-7-9-22(21)32)12-13-28-24-19(25(33)31-23(27)26(34)35-5-2)15-17-14-16(3)10-11-20(17)30-24/h10-11,14-15,18,21-23,29,32H,4-9,12-13,27H2,1-3H3,(H,28,30)(H,31,33). The summed E-state index contributed by atoms with van der Waals surface area (Å²) in [6, 6.07) is 7.98. The first kappa shape index (κ1) is 26.8. The molecule has 4 unspecified atom stereocenters. The van der Waals surface area contributed by atoms with Crippen LogP contribution in [0.15, 0.2) is 24.3 Å². The Kier molecular flexibility index (Phi) is 9.83. The molecule has 1 aromatic carbocycles. The van der Waals surface area contributed by atoms with Gasteiger partial charge >= 0.3 is 5.97 Å². The molecule has 35 heavy (non-hydrogen) atoms. The largest absolute Gasteiger partial charge is 0.463 e. The monoisotopic (exact) mass is 485 g/mol. The number of carbonyl (C=O) groups is 2. The van der Waals surface area contributed by atoms with Crippen LogP contribution in [-0.4, -0.2) is 59.5 Å². The van der Waals surface area contributed by atoms with Crippen molar-refractivity contribution >= 4 is 28.6 Å². The number of nitrogens with two attached hydrogens (primary N) is 1. The van der Waals surface area contributed by atoms with Crippen LogP contribution in [0, 0.1) is 6.92 Å². The molecule has 0 saturated heterocycles. The molecule has 1 aromatic heterocycles. The van der Waals surface area contributed by atoms with Crippen molar-refractivity contribution in [3.8, 4) is 0 Å². The summed E-state index contributed by atoms with van der Waals surface area (Å²) in [5.74, 6) is -0.761. The number of aromatic nitrogens is 1. The number of hydrogen-bond acceptors (Lipinski definition) is 8. The van der Waals surface area contributed by atoms with Gasteiger partial charge in [0.1, 0.15) is 5.82 Å². The fourth-order valence-corrected chi connectivity index (χ4v) is 4.49. The predicted molar refractivity (Wildman–Crippen MR) is 137 cm³/mol. The molecule has 1 aliphatic rings. The second-order valence-corrected chi connectivity index (χ2v) is 9.23. The molecule has 3 rings (SSSR count). The summed E-state index contributed by atoms with van der Waals surface area (Å²) in [6.07, 6.45) is 4.22. The molecule has 9 heteroatoms. The van der Waals surface area contributed by atoms with E-state index in [0.717, 1.165) is 55.0 Å². The van der Waals surface area contributed by atoms with E-state index >= 15 is 0 Å². The fourth-order valence-electron chi connectivity index (χ4n) is 4.49. The lowest BCUT2D eigenvalue weighted by Crippen LogP contribution is -2.48. The third-order valence-corrected chi connectivity index (χ3v) is 6.50. The van der Waals surface area contributed by atoms with E-state index < -0.39 is 18.0 Å². The first-order chi connectivity index (χ1) is 16.8. The Bertz CT molecular complexity index is 1010. The van der Waals surface area contributed by atoms with Crippen molar-refractivity contribution in [1.82, 2.24) is 15.6 Å². The number of benzene rings is 1. The highest BCUT2D eigenvalue weighted by atomic mass is 16.5. The number of fused-ring (bicyclic) bond motifs is 1. The highest BCUT2D eigenvalue weighted by Crippen LogP contribution is 2.23. The van der Waals surface area contributed by atoms with Gasteiger partial charge in [-0.05, 0) is 57.7 Å². The van der Waals surface area contributed by atoms with Gasteiger partial charge in [0.05, 0.1) is 23.8 Å². The van der Waals surface area contributed by atoms with Gasteiger partial charge in [-0.25, -0.2) is 9.78 Å². The van der Waals surface area contributed by atoms with E-state index in [4.69, 9.17) is 10.5 Å². The summed E-state index contributed by atoms with van der Waals surface area (Å²) in [5, 5.41) is 20.6. The number of nitrogens with one attached hydrogen (secondary N) is 3. The molecular formula is C26H39N5O4. The quantitative estimate of drug-likeness (QED) is 0.242. The van der Waals surface area contributed by atoms with Gasteiger partial charge in [-0.3, -0.25) is 4.79 Å². The number of rotatable bonds is 11. The number of pyridine rings is 1. The van der Waals surface area contributed by atoms with Crippen LogP contribution in [0.25, 0.3) is 10.9 Å². The Morgan fingerprint density at radius 1 is 1.23 bits per heavy atom. The minimum atomic E-state index is -1.26. The summed E-state index contributed by atoms with van der Waals surface area (Å²) in [5.41, 5.74) is 7.94. The van der Waals surface area contributed by atoms with Gasteiger partial charge in [-0.2, -0.15) is 0 Å². The summed E-state index contributed by atoms with van der Waals surface area (Å²) < 4.78 is 4.90. The first-order valence-corrected chi connectivity index (χ1v) is 12.6. The molecule has 1 fully saturated rings. The summed E-state index contributed by atoms with van der Waals surface area (Å²) in [7, 11) is 0. The smallest absolute Gasteiger partial charge is 0.343 e. The van der Waals surface area contributed by atoms with E-state index in [1.54, 1.807) is 13.0 Å². The van der Waals surface area contributed by atoms with Crippen LogP contribution < -0.4 is 21.7 Å². The van der Waals surface area contributed by atoms with E-state index in [2.05, 4.69) is 27.9 Å². The Labute approximate surface area is 207 Å². The van der Waals surface area contributed by atoms with Gasteiger partial charge in [-0.15, -0.1) is 0 Å². The van der Waals surface area contributed by atoms with Gasteiger partial charge in [0.2, 0.25) is 0 Å². The Balaban J connectivity index is 1.73. The molecule has 1 heterocycles. The number of anilines is 1. The number of aliphatic hydroxyl groups is 1. The summed E-state index contributed by atoms with van der Waals surface area (Å²) >= 11 is 0. The highest BCUT2D eigenvalue weighted by Gasteiger charge is 2.25. The maximum atomic E-state index is 13.0. The molecule has 0 aliphatic heterocycles. The number of hydrogen-bond donors (Lipinski definition) is 5. The lowest BCUT2D eigenvalue weighted by Gasteiger charge is -2.32. The number of ether oxygens (including phenoxy) is 1. The average Bonchev–Trinajstić information content (AvgIpc) is 2.84. The van der Waals surface area contributed by atoms with Crippen LogP contribution in [0.3, 0.4) is 0 Å². The molecule has 1 aliphatic carbocycles. The lowest BCUT2D eigenvalue weighted by atomic mass is 9.91. The van der Waals surface area contributed by atoms with Crippen LogP contribution in [0.1, 0.15) is 68.3 Å². The first-order valence-electron chi connectivity index (χ1n) is 12.6. The average molecular weight is 486 g/mol. The number of carbonyl (C=O) groups excluding carboxylic acids is 2. The zero-order valence-corrected chi connectivity index (χ0v) is 21.0. The van der Waals surface area contributed by atoms with Crippen molar-refractivity contribution < 1.29 is 19.4 Å². The number of esters is 1. The van der Waals surface area contributed by atoms with Crippen molar-refractivity contribution in [2.45, 2.75) is 83.6 Å². The number of amides is 1. The molecule has 0 radical (unpaired) electrons. The second kappa shape index (κ2) is 12.8. The predicted octanol–water partition coefficient (Wildman–Crippen LogP) is 2.59. The maximum Gasteiger partial charge on any atom is 0.343 e. The summed E-state index contributed by atoms with van der Waals surface area (Å²) in [6.45, 7) is 6.54. The Morgan fingerprint density at radius 2 is 2.00 bits per heavy atom. The lowest BCUT2D eigenvalue weighted by molar-refractivity contribution is -0.145. The Hall–Kier alpha value is -2.75. The third-order valence-electron chi connectivity index (χ3n) is 6.50. The van der Waals surface area contributed by atoms with E-state index in [1.807, 2.05) is 25.1 Å². The van der Waals surface area contributed by atoms with Crippen LogP contribution in [0.5, 0.6) is 0 Å². The number of aliphatic hydroxyl groups excluding tert-OH is 1. The van der Waals surface area contributed by atoms with E-state index in [-0.39, 0.29) is 24.8 Å². The topological polar surface area (TPSA) is 139 Å². The van der Waals surface area contributed by atoms with Crippen molar-refractivity contribution in [3.63, 3.8) is 0 Å². The van der Waals surface area contributed by atoms with Gasteiger partial charge in [0, 0.05) is 24.0 Å². The third kappa shape index (κ3) is 7.37. The SMILES string of the molecule is CCOC(=O)C(N)NC(=O)c1cc2cc(C)ccc2nc1NCCC(CC)NC1CCCCC1O. The number of aryl methyl sites for hydroxylation is 1. The van der Waals surface area contributed by atoms with Gasteiger partial charge in [0.15, 0.2) is 6.17 Å². The van der Waals surface area contributed by atoms with Crippen molar-refractivity contribution in [3.05, 3.63) is 35.4 Å².